The molecule has 106 valence electrons. The van der Waals surface area contributed by atoms with Crippen molar-refractivity contribution in [3.05, 3.63) is 51.3 Å². The first-order chi connectivity index (χ1) is 9.61. The summed E-state index contributed by atoms with van der Waals surface area (Å²) in [6, 6.07) is 8.52. The number of aryl methyl sites for hydroxylation is 2. The van der Waals surface area contributed by atoms with Gasteiger partial charge in [0.2, 0.25) is 0 Å². The van der Waals surface area contributed by atoms with Crippen LogP contribution in [0.25, 0.3) is 0 Å². The first kappa shape index (κ1) is 14.2. The molecule has 1 heterocycles. The highest BCUT2D eigenvalue weighted by atomic mass is 79.9. The largest absolute Gasteiger partial charge is 0.271 e. The zero-order valence-corrected chi connectivity index (χ0v) is 14.1. The number of hydrogen-bond acceptors (Lipinski definition) is 1. The van der Waals surface area contributed by atoms with Crippen molar-refractivity contribution in [1.82, 2.24) is 9.78 Å². The Labute approximate surface area is 133 Å². The van der Waals surface area contributed by atoms with Crippen LogP contribution in [0.2, 0.25) is 0 Å². The molecule has 2 atom stereocenters. The van der Waals surface area contributed by atoms with E-state index in [1.165, 1.54) is 16.8 Å². The number of rotatable bonds is 3. The number of aromatic nitrogens is 2. The van der Waals surface area contributed by atoms with Gasteiger partial charge in [-0.25, -0.2) is 0 Å². The molecule has 0 amide bonds. The molecule has 1 aliphatic rings. The molecule has 4 heteroatoms. The number of halogens is 2. The van der Waals surface area contributed by atoms with Gasteiger partial charge in [0, 0.05) is 7.05 Å². The summed E-state index contributed by atoms with van der Waals surface area (Å²) in [5.41, 5.74) is 5.08. The molecular formula is C16H18BrClN2. The molecule has 0 aliphatic heterocycles. The Kier molecular flexibility index (Phi) is 3.91. The maximum absolute atomic E-state index is 6.66. The van der Waals surface area contributed by atoms with Gasteiger partial charge in [-0.2, -0.15) is 5.10 Å². The van der Waals surface area contributed by atoms with Crippen molar-refractivity contribution in [1.29, 1.82) is 0 Å². The van der Waals surface area contributed by atoms with Crippen LogP contribution in [0.15, 0.2) is 28.7 Å². The molecule has 0 radical (unpaired) electrons. The van der Waals surface area contributed by atoms with Gasteiger partial charge >= 0.3 is 0 Å². The topological polar surface area (TPSA) is 17.8 Å². The van der Waals surface area contributed by atoms with E-state index < -0.39 is 0 Å². The highest BCUT2D eigenvalue weighted by Crippen LogP contribution is 2.43. The van der Waals surface area contributed by atoms with Crippen molar-refractivity contribution in [2.45, 2.75) is 31.6 Å². The van der Waals surface area contributed by atoms with Crippen LogP contribution >= 0.6 is 27.5 Å². The van der Waals surface area contributed by atoms with E-state index in [0.717, 1.165) is 29.4 Å². The van der Waals surface area contributed by atoms with Crippen LogP contribution in [0.3, 0.4) is 0 Å². The van der Waals surface area contributed by atoms with E-state index in [1.54, 1.807) is 0 Å². The maximum Gasteiger partial charge on any atom is 0.0766 e. The van der Waals surface area contributed by atoms with Crippen LogP contribution in [-0.2, 0) is 26.3 Å². The van der Waals surface area contributed by atoms with Crippen LogP contribution in [0.1, 0.15) is 34.8 Å². The third-order valence-corrected chi connectivity index (χ3v) is 5.71. The molecule has 2 unspecified atom stereocenters. The smallest absolute Gasteiger partial charge is 0.0766 e. The molecule has 0 spiro atoms. The molecular weight excluding hydrogens is 336 g/mol. The van der Waals surface area contributed by atoms with Crippen molar-refractivity contribution in [2.24, 2.45) is 13.0 Å². The van der Waals surface area contributed by atoms with Gasteiger partial charge in [-0.1, -0.05) is 31.2 Å². The second kappa shape index (κ2) is 5.53. The quantitative estimate of drug-likeness (QED) is 0.746. The molecule has 0 bridgehead atoms. The highest BCUT2D eigenvalue weighted by molar-refractivity contribution is 9.10. The van der Waals surface area contributed by atoms with E-state index >= 15 is 0 Å². The van der Waals surface area contributed by atoms with Crippen LogP contribution in [0.4, 0.5) is 0 Å². The Bertz CT molecular complexity index is 635. The van der Waals surface area contributed by atoms with Gasteiger partial charge in [0.1, 0.15) is 0 Å². The minimum Gasteiger partial charge on any atom is -0.271 e. The number of hydrogen-bond donors (Lipinski definition) is 0. The summed E-state index contributed by atoms with van der Waals surface area (Å²) in [6.45, 7) is 2.13. The van der Waals surface area contributed by atoms with Crippen LogP contribution in [0, 0.1) is 5.92 Å². The third kappa shape index (κ3) is 2.31. The average molecular weight is 354 g/mol. The first-order valence-corrected chi connectivity index (χ1v) is 8.26. The minimum absolute atomic E-state index is 0.109. The number of nitrogens with zero attached hydrogens (tertiary/aromatic N) is 2. The normalized spacial score (nSPS) is 21.2. The second-order valence-corrected chi connectivity index (χ2v) is 6.72. The average Bonchev–Trinajstić information content (AvgIpc) is 2.91. The fourth-order valence-electron chi connectivity index (χ4n) is 3.09. The molecule has 1 aliphatic carbocycles. The van der Waals surface area contributed by atoms with Gasteiger partial charge in [0.15, 0.2) is 0 Å². The Balaban J connectivity index is 1.86. The molecule has 2 aromatic rings. The lowest BCUT2D eigenvalue weighted by Gasteiger charge is -2.14. The van der Waals surface area contributed by atoms with E-state index in [-0.39, 0.29) is 5.38 Å². The van der Waals surface area contributed by atoms with Crippen molar-refractivity contribution in [2.75, 3.05) is 0 Å². The summed E-state index contributed by atoms with van der Waals surface area (Å²) in [5.74, 6) is 0.450. The second-order valence-electron chi connectivity index (χ2n) is 5.45. The van der Waals surface area contributed by atoms with Gasteiger partial charge in [0.25, 0.3) is 0 Å². The van der Waals surface area contributed by atoms with E-state index in [1.807, 2.05) is 11.7 Å². The van der Waals surface area contributed by atoms with Gasteiger partial charge in [-0.05, 0) is 52.2 Å². The minimum atomic E-state index is 0.109. The summed E-state index contributed by atoms with van der Waals surface area (Å²) >= 11 is 10.4. The molecule has 0 saturated carbocycles. The standard InChI is InChI=1S/C16H18BrClN2/c1-3-13-15(17)14(20(2)19-13)9-11-8-10-6-4-5-7-12(10)16(11)18/h4-7,11,16H,3,8-9H2,1-2H3. The Morgan fingerprint density at radius 1 is 1.40 bits per heavy atom. The van der Waals surface area contributed by atoms with E-state index in [9.17, 15) is 0 Å². The number of fused-ring (bicyclic) bond motifs is 1. The molecule has 1 aromatic carbocycles. The predicted molar refractivity (Wildman–Crippen MR) is 86.2 cm³/mol. The fourth-order valence-corrected chi connectivity index (χ4v) is 4.26. The van der Waals surface area contributed by atoms with Crippen molar-refractivity contribution >= 4 is 27.5 Å². The lowest BCUT2D eigenvalue weighted by Crippen LogP contribution is -2.10. The Hall–Kier alpha value is -0.800. The van der Waals surface area contributed by atoms with Gasteiger partial charge < -0.3 is 0 Å². The zero-order chi connectivity index (χ0) is 14.3. The lowest BCUT2D eigenvalue weighted by atomic mass is 9.99. The SMILES string of the molecule is CCc1nn(C)c(CC2Cc3ccccc3C2Cl)c1Br. The zero-order valence-electron chi connectivity index (χ0n) is 11.7. The van der Waals surface area contributed by atoms with E-state index in [0.29, 0.717) is 5.92 Å². The summed E-state index contributed by atoms with van der Waals surface area (Å²) in [4.78, 5) is 0. The number of benzene rings is 1. The highest BCUT2D eigenvalue weighted by Gasteiger charge is 2.32. The van der Waals surface area contributed by atoms with Crippen LogP contribution in [-0.4, -0.2) is 9.78 Å². The van der Waals surface area contributed by atoms with Crippen molar-refractivity contribution in [3.8, 4) is 0 Å². The van der Waals surface area contributed by atoms with Gasteiger partial charge in [-0.3, -0.25) is 4.68 Å². The fraction of sp³-hybridized carbons (Fsp3) is 0.438. The van der Waals surface area contributed by atoms with Crippen molar-refractivity contribution < 1.29 is 0 Å². The Morgan fingerprint density at radius 2 is 2.15 bits per heavy atom. The molecule has 2 nitrogen and oxygen atoms in total. The number of alkyl halides is 1. The van der Waals surface area contributed by atoms with Crippen molar-refractivity contribution in [3.63, 3.8) is 0 Å². The maximum atomic E-state index is 6.66. The molecule has 20 heavy (non-hydrogen) atoms. The Morgan fingerprint density at radius 3 is 2.80 bits per heavy atom. The molecule has 0 saturated heterocycles. The first-order valence-electron chi connectivity index (χ1n) is 7.04. The summed E-state index contributed by atoms with van der Waals surface area (Å²) in [7, 11) is 2.02. The van der Waals surface area contributed by atoms with Crippen LogP contribution in [0.5, 0.6) is 0 Å². The summed E-state index contributed by atoms with van der Waals surface area (Å²) in [5, 5.41) is 4.68. The monoisotopic (exact) mass is 352 g/mol. The third-order valence-electron chi connectivity index (χ3n) is 4.21. The van der Waals surface area contributed by atoms with E-state index in [2.05, 4.69) is 52.2 Å². The summed E-state index contributed by atoms with van der Waals surface area (Å²) in [6.07, 6.45) is 2.97. The van der Waals surface area contributed by atoms with Gasteiger partial charge in [0.05, 0.1) is 21.2 Å². The predicted octanol–water partition coefficient (Wildman–Crippen LogP) is 4.44. The molecule has 1 aromatic heterocycles. The lowest BCUT2D eigenvalue weighted by molar-refractivity contribution is 0.517. The molecule has 0 N–H and O–H groups in total. The van der Waals surface area contributed by atoms with E-state index in [4.69, 9.17) is 11.6 Å². The van der Waals surface area contributed by atoms with Crippen LogP contribution < -0.4 is 0 Å². The van der Waals surface area contributed by atoms with Gasteiger partial charge in [-0.15, -0.1) is 11.6 Å². The summed E-state index contributed by atoms with van der Waals surface area (Å²) < 4.78 is 3.15. The molecule has 3 rings (SSSR count). The molecule has 0 fully saturated rings.